The summed E-state index contributed by atoms with van der Waals surface area (Å²) in [6.45, 7) is 3.25. The summed E-state index contributed by atoms with van der Waals surface area (Å²) >= 11 is 0. The Balaban J connectivity index is 1.87. The maximum atomic E-state index is 12.3. The molecule has 148 valence electrons. The first-order chi connectivity index (χ1) is 13.8. The molecule has 0 radical (unpaired) electrons. The summed E-state index contributed by atoms with van der Waals surface area (Å²) in [5.41, 5.74) is -0.636. The van der Waals surface area contributed by atoms with Crippen molar-refractivity contribution in [3.63, 3.8) is 0 Å². The number of hydrogen-bond donors (Lipinski definition) is 0. The van der Waals surface area contributed by atoms with Gasteiger partial charge in [0.05, 0.1) is 17.1 Å². The number of nitrogens with zero attached hydrogens (tertiary/aromatic N) is 1. The van der Waals surface area contributed by atoms with E-state index in [1.807, 2.05) is 0 Å². The fourth-order valence-corrected chi connectivity index (χ4v) is 2.66. The Hall–Kier alpha value is -4.01. The van der Waals surface area contributed by atoms with Gasteiger partial charge in [-0.1, -0.05) is 0 Å². The van der Waals surface area contributed by atoms with Gasteiger partial charge < -0.3 is 13.9 Å². The van der Waals surface area contributed by atoms with E-state index in [0.717, 1.165) is 0 Å². The zero-order valence-electron chi connectivity index (χ0n) is 15.5. The van der Waals surface area contributed by atoms with Gasteiger partial charge in [0.2, 0.25) is 0 Å². The quantitative estimate of drug-likeness (QED) is 0.211. The van der Waals surface area contributed by atoms with Crippen LogP contribution in [0.5, 0.6) is 5.75 Å². The van der Waals surface area contributed by atoms with E-state index in [1.165, 1.54) is 49.4 Å². The van der Waals surface area contributed by atoms with E-state index in [1.54, 1.807) is 6.92 Å². The lowest BCUT2D eigenvalue weighted by Gasteiger charge is -2.07. The van der Waals surface area contributed by atoms with Crippen molar-refractivity contribution in [3.05, 3.63) is 79.7 Å². The standard InChI is InChI=1S/C20H15NO8/c1-3-27-19(23)15-9-12-4-6-14(10-17(12)29-20(15)24)28-18(22)13-5-7-16(21(25)26)11(2)8-13/h4-10H,3H2,1-2H3. The summed E-state index contributed by atoms with van der Waals surface area (Å²) in [6.07, 6.45) is 0. The van der Waals surface area contributed by atoms with Crippen LogP contribution in [0.15, 0.2) is 51.7 Å². The second-order valence-corrected chi connectivity index (χ2v) is 6.02. The molecule has 0 N–H and O–H groups in total. The van der Waals surface area contributed by atoms with Crippen molar-refractivity contribution in [1.82, 2.24) is 0 Å². The molecule has 0 fully saturated rings. The van der Waals surface area contributed by atoms with Crippen LogP contribution < -0.4 is 10.4 Å². The summed E-state index contributed by atoms with van der Waals surface area (Å²) in [4.78, 5) is 46.4. The molecule has 1 aromatic heterocycles. The van der Waals surface area contributed by atoms with Crippen LogP contribution in [-0.2, 0) is 4.74 Å². The van der Waals surface area contributed by atoms with E-state index < -0.39 is 22.5 Å². The number of nitro groups is 1. The Morgan fingerprint density at radius 2 is 1.86 bits per heavy atom. The van der Waals surface area contributed by atoms with E-state index in [-0.39, 0.29) is 34.8 Å². The monoisotopic (exact) mass is 397 g/mol. The normalized spacial score (nSPS) is 10.6. The van der Waals surface area contributed by atoms with Crippen LogP contribution in [0, 0.1) is 17.0 Å². The molecule has 0 aliphatic carbocycles. The predicted octanol–water partition coefficient (Wildman–Crippen LogP) is 3.41. The van der Waals surface area contributed by atoms with E-state index >= 15 is 0 Å². The van der Waals surface area contributed by atoms with Crippen molar-refractivity contribution < 1.29 is 28.4 Å². The van der Waals surface area contributed by atoms with Crippen molar-refractivity contribution >= 4 is 28.6 Å². The van der Waals surface area contributed by atoms with Gasteiger partial charge in [-0.2, -0.15) is 0 Å². The molecule has 3 aromatic rings. The molecule has 0 aliphatic rings. The summed E-state index contributed by atoms with van der Waals surface area (Å²) < 4.78 is 15.2. The number of fused-ring (bicyclic) bond motifs is 1. The molecular weight excluding hydrogens is 382 g/mol. The van der Waals surface area contributed by atoms with Gasteiger partial charge in [0, 0.05) is 23.1 Å². The highest BCUT2D eigenvalue weighted by molar-refractivity contribution is 5.94. The van der Waals surface area contributed by atoms with Crippen LogP contribution >= 0.6 is 0 Å². The third kappa shape index (κ3) is 4.13. The molecule has 3 rings (SSSR count). The number of esters is 2. The molecule has 0 saturated heterocycles. The minimum Gasteiger partial charge on any atom is -0.462 e. The largest absolute Gasteiger partial charge is 0.462 e. The van der Waals surface area contributed by atoms with Crippen LogP contribution in [0.4, 0.5) is 5.69 Å². The lowest BCUT2D eigenvalue weighted by molar-refractivity contribution is -0.385. The molecule has 0 unspecified atom stereocenters. The first-order valence-electron chi connectivity index (χ1n) is 8.52. The van der Waals surface area contributed by atoms with Gasteiger partial charge in [-0.05, 0) is 44.2 Å². The number of nitro benzene ring substituents is 1. The average molecular weight is 397 g/mol. The fraction of sp³-hybridized carbons (Fsp3) is 0.150. The highest BCUT2D eigenvalue weighted by atomic mass is 16.6. The minimum atomic E-state index is -0.870. The highest BCUT2D eigenvalue weighted by Crippen LogP contribution is 2.23. The van der Waals surface area contributed by atoms with E-state index in [0.29, 0.717) is 10.9 Å². The topological polar surface area (TPSA) is 126 Å². The maximum Gasteiger partial charge on any atom is 0.351 e. The lowest BCUT2D eigenvalue weighted by Crippen LogP contribution is -2.16. The van der Waals surface area contributed by atoms with Crippen molar-refractivity contribution in [1.29, 1.82) is 0 Å². The molecule has 1 heterocycles. The Bertz CT molecular complexity index is 1190. The number of rotatable bonds is 5. The molecule has 0 amide bonds. The Labute approximate surface area is 163 Å². The molecule has 9 nitrogen and oxygen atoms in total. The van der Waals surface area contributed by atoms with Crippen molar-refractivity contribution in [2.45, 2.75) is 13.8 Å². The summed E-state index contributed by atoms with van der Waals surface area (Å²) in [5.74, 6) is -1.41. The van der Waals surface area contributed by atoms with E-state index in [4.69, 9.17) is 13.9 Å². The maximum absolute atomic E-state index is 12.3. The first-order valence-corrected chi connectivity index (χ1v) is 8.52. The number of benzene rings is 2. The highest BCUT2D eigenvalue weighted by Gasteiger charge is 2.17. The molecule has 0 saturated carbocycles. The van der Waals surface area contributed by atoms with Crippen LogP contribution in [0.2, 0.25) is 0 Å². The summed E-state index contributed by atoms with van der Waals surface area (Å²) in [5, 5.41) is 11.3. The van der Waals surface area contributed by atoms with Gasteiger partial charge in [0.1, 0.15) is 16.9 Å². The van der Waals surface area contributed by atoms with Crippen LogP contribution in [-0.4, -0.2) is 23.5 Å². The molecule has 9 heteroatoms. The van der Waals surface area contributed by atoms with Gasteiger partial charge in [0.15, 0.2) is 0 Å². The smallest absolute Gasteiger partial charge is 0.351 e. The fourth-order valence-electron chi connectivity index (χ4n) is 2.66. The molecule has 0 bridgehead atoms. The molecule has 2 aromatic carbocycles. The van der Waals surface area contributed by atoms with Gasteiger partial charge in [-0.15, -0.1) is 0 Å². The molecule has 0 atom stereocenters. The second-order valence-electron chi connectivity index (χ2n) is 6.02. The summed E-state index contributed by atoms with van der Waals surface area (Å²) in [7, 11) is 0. The predicted molar refractivity (Wildman–Crippen MR) is 101 cm³/mol. The lowest BCUT2D eigenvalue weighted by atomic mass is 10.1. The molecule has 0 aliphatic heterocycles. The van der Waals surface area contributed by atoms with Crippen LogP contribution in [0.25, 0.3) is 11.0 Å². The molecular formula is C20H15NO8. The molecule has 0 spiro atoms. The van der Waals surface area contributed by atoms with Crippen LogP contribution in [0.3, 0.4) is 0 Å². The van der Waals surface area contributed by atoms with E-state index in [9.17, 15) is 24.5 Å². The van der Waals surface area contributed by atoms with Crippen LogP contribution in [0.1, 0.15) is 33.2 Å². The zero-order chi connectivity index (χ0) is 21.1. The van der Waals surface area contributed by atoms with Crippen molar-refractivity contribution in [2.24, 2.45) is 0 Å². The van der Waals surface area contributed by atoms with E-state index in [2.05, 4.69) is 0 Å². The number of aryl methyl sites for hydroxylation is 1. The molecule has 29 heavy (non-hydrogen) atoms. The zero-order valence-corrected chi connectivity index (χ0v) is 15.5. The SMILES string of the molecule is CCOC(=O)c1cc2ccc(OC(=O)c3ccc([N+](=O)[O-])c(C)c3)cc2oc1=O. The minimum absolute atomic E-state index is 0.102. The Morgan fingerprint density at radius 1 is 1.10 bits per heavy atom. The number of hydrogen-bond acceptors (Lipinski definition) is 8. The average Bonchev–Trinajstić information content (AvgIpc) is 2.67. The second kappa shape index (κ2) is 7.93. The third-order valence-corrected chi connectivity index (χ3v) is 4.04. The Kier molecular flexibility index (Phi) is 5.40. The number of ether oxygens (including phenoxy) is 2. The van der Waals surface area contributed by atoms with Crippen molar-refractivity contribution in [2.75, 3.05) is 6.61 Å². The number of carbonyl (C=O) groups is 2. The van der Waals surface area contributed by atoms with Gasteiger partial charge >= 0.3 is 17.6 Å². The number of carbonyl (C=O) groups excluding carboxylic acids is 2. The van der Waals surface area contributed by atoms with Gasteiger partial charge in [-0.3, -0.25) is 10.1 Å². The first kappa shape index (κ1) is 19.7. The van der Waals surface area contributed by atoms with Gasteiger partial charge in [-0.25, -0.2) is 14.4 Å². The van der Waals surface area contributed by atoms with Gasteiger partial charge in [0.25, 0.3) is 5.69 Å². The Morgan fingerprint density at radius 3 is 2.52 bits per heavy atom. The third-order valence-electron chi connectivity index (χ3n) is 4.04. The van der Waals surface area contributed by atoms with Crippen molar-refractivity contribution in [3.8, 4) is 5.75 Å². The summed E-state index contributed by atoms with van der Waals surface area (Å²) in [6, 6.07) is 9.53.